The van der Waals surface area contributed by atoms with E-state index in [4.69, 9.17) is 23.2 Å². The van der Waals surface area contributed by atoms with Gasteiger partial charge in [-0.3, -0.25) is 4.57 Å². The Bertz CT molecular complexity index is 476. The summed E-state index contributed by atoms with van der Waals surface area (Å²) in [6, 6.07) is 0. The van der Waals surface area contributed by atoms with Crippen LogP contribution in [0, 0.1) is 0 Å². The summed E-state index contributed by atoms with van der Waals surface area (Å²) in [6.45, 7) is 24.6. The van der Waals surface area contributed by atoms with Crippen molar-refractivity contribution >= 4 is 38.7 Å². The zero-order chi connectivity index (χ0) is 24.1. The van der Waals surface area contributed by atoms with Gasteiger partial charge in [0.2, 0.25) is 0 Å². The van der Waals surface area contributed by atoms with Gasteiger partial charge in [-0.05, 0) is 32.1 Å². The van der Waals surface area contributed by atoms with Crippen molar-refractivity contribution in [2.45, 2.75) is 55.4 Å². The van der Waals surface area contributed by atoms with Crippen LogP contribution in [0.2, 0.25) is 0 Å². The van der Waals surface area contributed by atoms with E-state index in [0.717, 1.165) is 52.4 Å². The van der Waals surface area contributed by atoms with E-state index in [2.05, 4.69) is 83.6 Å². The second-order valence-electron chi connectivity index (χ2n) is 7.02. The van der Waals surface area contributed by atoms with E-state index in [1.54, 1.807) is 0 Å². The summed E-state index contributed by atoms with van der Waals surface area (Å²) in [4.78, 5) is 0. The molecule has 0 radical (unpaired) electrons. The van der Waals surface area contributed by atoms with Crippen molar-refractivity contribution in [3.63, 3.8) is 0 Å². The van der Waals surface area contributed by atoms with Gasteiger partial charge in [0.25, 0.3) is 0 Å². The van der Waals surface area contributed by atoms with Crippen LogP contribution in [0.25, 0.3) is 0 Å². The van der Waals surface area contributed by atoms with Crippen LogP contribution in [0.4, 0.5) is 0 Å². The fourth-order valence-corrected chi connectivity index (χ4v) is 14.5. The first-order valence-electron chi connectivity index (χ1n) is 12.0. The van der Waals surface area contributed by atoms with Gasteiger partial charge >= 0.3 is 15.5 Å². The fourth-order valence-electron chi connectivity index (χ4n) is 4.34. The molecule has 0 unspecified atom stereocenters. The van der Waals surface area contributed by atoms with Gasteiger partial charge in [0.05, 0.1) is 6.54 Å². The molecule has 1 N–H and O–H groups in total. The van der Waals surface area contributed by atoms with Gasteiger partial charge in [0, 0.05) is 70.7 Å². The standard InChI is InChI=1S/C20H49Cl2N6OP2/c1-9-24(10-2)30(23-19-17-21,25(11-3)12-4)28(20-18-22)31(29,26(13-5)14-6)27(15-7)16-8/h23H,9-20H2,1-8H3/q+1. The van der Waals surface area contributed by atoms with Crippen molar-refractivity contribution in [3.05, 3.63) is 0 Å². The van der Waals surface area contributed by atoms with Gasteiger partial charge in [-0.15, -0.1) is 37.6 Å². The molecule has 0 amide bonds. The predicted molar refractivity (Wildman–Crippen MR) is 142 cm³/mol. The van der Waals surface area contributed by atoms with E-state index < -0.39 is 15.5 Å². The molecule has 0 aliphatic carbocycles. The smallest absolute Gasteiger partial charge is 0.267 e. The molecule has 0 aliphatic heterocycles. The first kappa shape index (κ1) is 32.0. The maximum absolute atomic E-state index is 15.3. The Morgan fingerprint density at radius 2 is 1.06 bits per heavy atom. The lowest BCUT2D eigenvalue weighted by Crippen LogP contribution is -2.54. The van der Waals surface area contributed by atoms with E-state index >= 15 is 4.57 Å². The molecule has 0 bridgehead atoms. The molecule has 11 heteroatoms. The van der Waals surface area contributed by atoms with Crippen LogP contribution in [0.5, 0.6) is 0 Å². The molecule has 0 aromatic carbocycles. The van der Waals surface area contributed by atoms with Crippen LogP contribution in [0.15, 0.2) is 0 Å². The molecule has 0 saturated carbocycles. The summed E-state index contributed by atoms with van der Waals surface area (Å²) < 4.78 is 26.8. The molecule has 0 rings (SSSR count). The summed E-state index contributed by atoms with van der Waals surface area (Å²) >= 11 is 12.6. The highest BCUT2D eigenvalue weighted by Crippen LogP contribution is 2.76. The number of halogens is 2. The minimum Gasteiger partial charge on any atom is -0.267 e. The molecule has 0 aromatic rings. The van der Waals surface area contributed by atoms with Gasteiger partial charge in [-0.25, -0.2) is 9.34 Å². The molecule has 0 fully saturated rings. The zero-order valence-corrected chi connectivity index (χ0v) is 24.6. The maximum atomic E-state index is 15.3. The van der Waals surface area contributed by atoms with Gasteiger partial charge in [-0.1, -0.05) is 27.7 Å². The number of nitrogens with one attached hydrogen (secondary N) is 1. The molecule has 31 heavy (non-hydrogen) atoms. The average molecular weight is 523 g/mol. The van der Waals surface area contributed by atoms with Gasteiger partial charge in [0.15, 0.2) is 0 Å². The molecule has 0 atom stereocenters. The van der Waals surface area contributed by atoms with E-state index in [0.29, 0.717) is 24.8 Å². The van der Waals surface area contributed by atoms with Crippen molar-refractivity contribution in [2.75, 3.05) is 77.2 Å². The summed E-state index contributed by atoms with van der Waals surface area (Å²) in [5, 5.41) is 3.86. The van der Waals surface area contributed by atoms with E-state index in [-0.39, 0.29) is 0 Å². The molecule has 0 aromatic heterocycles. The Kier molecular flexibility index (Phi) is 17.1. The Labute approximate surface area is 203 Å². The van der Waals surface area contributed by atoms with Gasteiger partial charge in [-0.2, -0.15) is 0 Å². The highest BCUT2D eigenvalue weighted by molar-refractivity contribution is 7.77. The van der Waals surface area contributed by atoms with Crippen molar-refractivity contribution < 1.29 is 4.57 Å². The van der Waals surface area contributed by atoms with Crippen molar-refractivity contribution in [3.8, 4) is 0 Å². The van der Waals surface area contributed by atoms with Crippen LogP contribution in [0.1, 0.15) is 55.4 Å². The third-order valence-electron chi connectivity index (χ3n) is 5.77. The maximum Gasteiger partial charge on any atom is 0.321 e. The zero-order valence-electron chi connectivity index (χ0n) is 21.3. The third kappa shape index (κ3) is 7.01. The van der Waals surface area contributed by atoms with E-state index in [1.165, 1.54) is 0 Å². The van der Waals surface area contributed by atoms with Crippen LogP contribution < -0.4 is 5.09 Å². The Hall–Kier alpha value is 1.000. The highest BCUT2D eigenvalue weighted by atomic mass is 35.5. The quantitative estimate of drug-likeness (QED) is 0.177. The predicted octanol–water partition coefficient (Wildman–Crippen LogP) is 5.51. The first-order valence-corrected chi connectivity index (χ1v) is 16.3. The Morgan fingerprint density at radius 3 is 1.32 bits per heavy atom. The number of rotatable bonds is 19. The van der Waals surface area contributed by atoms with Crippen LogP contribution in [0.3, 0.4) is 0 Å². The summed E-state index contributed by atoms with van der Waals surface area (Å²) in [7, 11) is -5.52. The average Bonchev–Trinajstić information content (AvgIpc) is 2.78. The van der Waals surface area contributed by atoms with Crippen molar-refractivity contribution in [1.29, 1.82) is 0 Å². The lowest BCUT2D eigenvalue weighted by molar-refractivity contribution is 0.298. The number of nitrogens with zero attached hydrogens (tertiary/aromatic N) is 5. The molecule has 7 nitrogen and oxygen atoms in total. The molecule has 0 heterocycles. The Morgan fingerprint density at radius 1 is 0.677 bits per heavy atom. The molecular formula is C20H49Cl2N6OP2+. The number of hydrogen-bond acceptors (Lipinski definition) is 4. The number of hydrogen-bond donors (Lipinski definition) is 1. The van der Waals surface area contributed by atoms with Crippen LogP contribution in [-0.4, -0.2) is 100 Å². The third-order valence-corrected chi connectivity index (χ3v) is 15.2. The topological polar surface area (TPSA) is 45.3 Å². The highest BCUT2D eigenvalue weighted by Gasteiger charge is 2.63. The Balaban J connectivity index is 7.29. The second kappa shape index (κ2) is 16.6. The molecule has 0 spiro atoms. The second-order valence-corrected chi connectivity index (χ2v) is 13.8. The largest absolute Gasteiger partial charge is 0.321 e. The minimum absolute atomic E-state index is 0.416. The number of alkyl halides is 2. The molecule has 188 valence electrons. The lowest BCUT2D eigenvalue weighted by atomic mass is 10.7. The van der Waals surface area contributed by atoms with Crippen molar-refractivity contribution in [1.82, 2.24) is 28.2 Å². The van der Waals surface area contributed by atoms with Crippen molar-refractivity contribution in [2.24, 2.45) is 0 Å². The summed E-state index contributed by atoms with van der Waals surface area (Å²) in [5.41, 5.74) is 0. The van der Waals surface area contributed by atoms with Gasteiger partial charge in [0.1, 0.15) is 0 Å². The first-order chi connectivity index (χ1) is 14.8. The molecule has 0 saturated heterocycles. The lowest BCUT2D eigenvalue weighted by Gasteiger charge is -2.51. The minimum atomic E-state index is -3.11. The summed E-state index contributed by atoms with van der Waals surface area (Å²) in [5.74, 6) is 0.916. The molecule has 0 aliphatic rings. The summed E-state index contributed by atoms with van der Waals surface area (Å²) in [6.07, 6.45) is 0. The van der Waals surface area contributed by atoms with Gasteiger partial charge < -0.3 is 0 Å². The SMILES string of the molecule is CCN(CC)P(=O)(N(CC)CC)N(CCCl)[P+](NCCCl)(N(CC)CC)N(CC)CC. The fraction of sp³-hybridized carbons (Fsp3) is 1.00. The van der Waals surface area contributed by atoms with E-state index in [9.17, 15) is 0 Å². The van der Waals surface area contributed by atoms with Crippen LogP contribution >= 0.6 is 38.7 Å². The monoisotopic (exact) mass is 521 g/mol. The van der Waals surface area contributed by atoms with Crippen LogP contribution in [-0.2, 0) is 4.57 Å². The molecular weight excluding hydrogens is 473 g/mol. The van der Waals surface area contributed by atoms with E-state index in [1.807, 2.05) is 0 Å². The normalized spacial score (nSPS) is 13.5.